The molecule has 0 bridgehead atoms. The first-order chi connectivity index (χ1) is 12.9. The van der Waals surface area contributed by atoms with Crippen LogP contribution in [0.2, 0.25) is 5.02 Å². The van der Waals surface area contributed by atoms with E-state index < -0.39 is 28.9 Å². The third-order valence-corrected chi connectivity index (χ3v) is 4.56. The lowest BCUT2D eigenvalue weighted by atomic mass is 10.1. The molecular weight excluding hydrogens is 399 g/mol. The molecule has 1 aliphatic rings. The van der Waals surface area contributed by atoms with E-state index in [1.165, 1.54) is 12.1 Å². The molecule has 1 saturated heterocycles. The maximum Gasteiger partial charge on any atom is 0.375 e. The normalized spacial score (nSPS) is 17.2. The maximum atomic E-state index is 12.8. The molecule has 11 heteroatoms. The van der Waals surface area contributed by atoms with Crippen LogP contribution in [0.4, 0.5) is 4.79 Å². The van der Waals surface area contributed by atoms with Gasteiger partial charge in [-0.1, -0.05) is 23.7 Å². The Balaban J connectivity index is 2.18. The van der Waals surface area contributed by atoms with Gasteiger partial charge in [-0.25, -0.2) is 14.9 Å². The number of halogens is 2. The summed E-state index contributed by atoms with van der Waals surface area (Å²) in [4.78, 5) is 49.7. The van der Waals surface area contributed by atoms with Gasteiger partial charge in [0.2, 0.25) is 0 Å². The number of urea groups is 1. The van der Waals surface area contributed by atoms with Gasteiger partial charge < -0.3 is 5.32 Å². The predicted molar refractivity (Wildman–Crippen MR) is 98.1 cm³/mol. The van der Waals surface area contributed by atoms with Crippen LogP contribution in [-0.4, -0.2) is 57.8 Å². The largest absolute Gasteiger partial charge is 0.375 e. The highest BCUT2D eigenvalue weighted by molar-refractivity contribution is 6.34. The van der Waals surface area contributed by atoms with Gasteiger partial charge in [0.15, 0.2) is 5.03 Å². The number of alkyl halides is 1. The van der Waals surface area contributed by atoms with E-state index in [-0.39, 0.29) is 36.0 Å². The van der Waals surface area contributed by atoms with Gasteiger partial charge >= 0.3 is 6.03 Å². The molecule has 1 N–H and O–H groups in total. The van der Waals surface area contributed by atoms with Gasteiger partial charge in [0.25, 0.3) is 11.8 Å². The van der Waals surface area contributed by atoms with Crippen LogP contribution in [0.1, 0.15) is 29.6 Å². The van der Waals surface area contributed by atoms with Crippen molar-refractivity contribution >= 4 is 41.0 Å². The molecule has 0 saturated carbocycles. The first-order valence-corrected chi connectivity index (χ1v) is 9.16. The van der Waals surface area contributed by atoms with E-state index in [2.05, 4.69) is 5.32 Å². The standard InChI is InChI=1S/C16H18Cl2N4O5/c17-8-10-21(22(26)27)16(25)19-13-7-3-4-9-20(15(13)24)14(23)11-5-1-2-6-12(11)18/h1-2,5-6,13H,3-4,7-10H2,(H,19,25). The number of rotatable bonds is 5. The lowest BCUT2D eigenvalue weighted by molar-refractivity contribution is -0.631. The van der Waals surface area contributed by atoms with Gasteiger partial charge in [0.05, 0.1) is 10.6 Å². The second-order valence-corrected chi connectivity index (χ2v) is 6.61. The summed E-state index contributed by atoms with van der Waals surface area (Å²) in [5.41, 5.74) is 0.175. The molecule has 1 aliphatic heterocycles. The minimum Gasteiger partial charge on any atom is -0.322 e. The van der Waals surface area contributed by atoms with E-state index >= 15 is 0 Å². The summed E-state index contributed by atoms with van der Waals surface area (Å²) in [5.74, 6) is -1.33. The zero-order valence-electron chi connectivity index (χ0n) is 14.3. The molecule has 1 heterocycles. The highest BCUT2D eigenvalue weighted by Crippen LogP contribution is 2.20. The Kier molecular flexibility index (Phi) is 7.37. The summed E-state index contributed by atoms with van der Waals surface area (Å²) in [6.07, 6.45) is 1.38. The molecule has 27 heavy (non-hydrogen) atoms. The van der Waals surface area contributed by atoms with Gasteiger partial charge in [-0.3, -0.25) is 14.5 Å². The van der Waals surface area contributed by atoms with Crippen LogP contribution < -0.4 is 5.32 Å². The first kappa shape index (κ1) is 20.9. The molecule has 2 rings (SSSR count). The summed E-state index contributed by atoms with van der Waals surface area (Å²) in [7, 11) is 0. The molecule has 1 atom stereocenters. The van der Waals surface area contributed by atoms with Crippen LogP contribution in [0.15, 0.2) is 24.3 Å². The topological polar surface area (TPSA) is 113 Å². The Labute approximate surface area is 165 Å². The Morgan fingerprint density at radius 2 is 2.04 bits per heavy atom. The van der Waals surface area contributed by atoms with Crippen molar-refractivity contribution in [2.75, 3.05) is 19.0 Å². The van der Waals surface area contributed by atoms with Crippen molar-refractivity contribution in [3.63, 3.8) is 0 Å². The number of likely N-dealkylation sites (tertiary alicyclic amines) is 1. The van der Waals surface area contributed by atoms with Crippen molar-refractivity contribution in [1.82, 2.24) is 15.2 Å². The van der Waals surface area contributed by atoms with Crippen molar-refractivity contribution in [3.05, 3.63) is 45.0 Å². The van der Waals surface area contributed by atoms with E-state index in [9.17, 15) is 24.5 Å². The highest BCUT2D eigenvalue weighted by Gasteiger charge is 2.35. The van der Waals surface area contributed by atoms with Crippen LogP contribution in [-0.2, 0) is 4.79 Å². The van der Waals surface area contributed by atoms with Gasteiger partial charge in [0.1, 0.15) is 12.6 Å². The van der Waals surface area contributed by atoms with Crippen LogP contribution >= 0.6 is 23.2 Å². The maximum absolute atomic E-state index is 12.8. The third kappa shape index (κ3) is 5.08. The fourth-order valence-corrected chi connectivity index (χ4v) is 3.09. The Hall–Kier alpha value is -2.39. The zero-order chi connectivity index (χ0) is 20.0. The van der Waals surface area contributed by atoms with Crippen LogP contribution in [0, 0.1) is 10.1 Å². The van der Waals surface area contributed by atoms with Crippen molar-refractivity contribution in [1.29, 1.82) is 0 Å². The van der Waals surface area contributed by atoms with Gasteiger partial charge in [-0.2, -0.15) is 0 Å². The number of nitro groups is 1. The first-order valence-electron chi connectivity index (χ1n) is 8.25. The van der Waals surface area contributed by atoms with E-state index in [4.69, 9.17) is 23.2 Å². The number of nitrogens with zero attached hydrogens (tertiary/aromatic N) is 3. The zero-order valence-corrected chi connectivity index (χ0v) is 15.8. The summed E-state index contributed by atoms with van der Waals surface area (Å²) < 4.78 is 0. The average Bonchev–Trinajstić information content (AvgIpc) is 2.81. The van der Waals surface area contributed by atoms with Gasteiger partial charge in [-0.15, -0.1) is 11.6 Å². The van der Waals surface area contributed by atoms with Crippen molar-refractivity contribution in [3.8, 4) is 0 Å². The van der Waals surface area contributed by atoms with Crippen LogP contribution in [0.5, 0.6) is 0 Å². The van der Waals surface area contributed by atoms with E-state index in [1.54, 1.807) is 12.1 Å². The molecule has 1 aromatic carbocycles. The van der Waals surface area contributed by atoms with Crippen molar-refractivity contribution in [2.24, 2.45) is 0 Å². The summed E-state index contributed by atoms with van der Waals surface area (Å²) in [6, 6.07) is 4.23. The number of nitrogens with one attached hydrogen (secondary N) is 1. The van der Waals surface area contributed by atoms with Crippen molar-refractivity contribution in [2.45, 2.75) is 25.3 Å². The second-order valence-electron chi connectivity index (χ2n) is 5.82. The molecular formula is C16H18Cl2N4O5. The summed E-state index contributed by atoms with van der Waals surface area (Å²) in [5, 5.41) is 12.9. The summed E-state index contributed by atoms with van der Waals surface area (Å²) in [6.45, 7) is -0.139. The Morgan fingerprint density at radius 3 is 2.67 bits per heavy atom. The molecule has 1 aromatic rings. The van der Waals surface area contributed by atoms with Gasteiger partial charge in [-0.05, 0) is 36.4 Å². The number of hydrogen-bond acceptors (Lipinski definition) is 5. The molecule has 0 radical (unpaired) electrons. The minimum absolute atomic E-state index is 0.135. The summed E-state index contributed by atoms with van der Waals surface area (Å²) >= 11 is 11.5. The van der Waals surface area contributed by atoms with E-state index in [0.717, 1.165) is 4.90 Å². The smallest absolute Gasteiger partial charge is 0.322 e. The number of amides is 4. The van der Waals surface area contributed by atoms with Gasteiger partial charge in [0, 0.05) is 12.4 Å². The molecule has 4 amide bonds. The molecule has 1 unspecified atom stereocenters. The highest BCUT2D eigenvalue weighted by atomic mass is 35.5. The average molecular weight is 417 g/mol. The Bertz CT molecular complexity index is 745. The molecule has 0 spiro atoms. The molecule has 0 aromatic heterocycles. The van der Waals surface area contributed by atoms with Crippen LogP contribution in [0.25, 0.3) is 0 Å². The lowest BCUT2D eigenvalue weighted by Gasteiger charge is -2.24. The number of imide groups is 1. The molecule has 146 valence electrons. The minimum atomic E-state index is -1.05. The quantitative estimate of drug-likeness (QED) is 0.342. The monoisotopic (exact) mass is 416 g/mol. The lowest BCUT2D eigenvalue weighted by Crippen LogP contribution is -2.54. The van der Waals surface area contributed by atoms with Crippen molar-refractivity contribution < 1.29 is 19.4 Å². The molecule has 9 nitrogen and oxygen atoms in total. The predicted octanol–water partition coefficient (Wildman–Crippen LogP) is 2.30. The number of hydrogen-bond donors (Lipinski definition) is 1. The van der Waals surface area contributed by atoms with E-state index in [0.29, 0.717) is 17.9 Å². The third-order valence-electron chi connectivity index (χ3n) is 4.06. The fraction of sp³-hybridized carbons (Fsp3) is 0.438. The number of hydrazine groups is 1. The number of benzene rings is 1. The molecule has 0 aliphatic carbocycles. The second kappa shape index (κ2) is 9.52. The fourth-order valence-electron chi connectivity index (χ4n) is 2.72. The number of carbonyl (C=O) groups excluding carboxylic acids is 3. The van der Waals surface area contributed by atoms with Crippen LogP contribution in [0.3, 0.4) is 0 Å². The Morgan fingerprint density at radius 1 is 1.33 bits per heavy atom. The number of carbonyl (C=O) groups is 3. The van der Waals surface area contributed by atoms with E-state index in [1.807, 2.05) is 0 Å². The SMILES string of the molecule is O=C(c1ccccc1Cl)N1CCCCC(NC(=O)N(CCCl)[N+](=O)[O-])C1=O. The molecule has 1 fully saturated rings.